The molecule has 0 amide bonds. The number of hydrogen-bond donors (Lipinski definition) is 1. The van der Waals surface area contributed by atoms with E-state index < -0.39 is 0 Å². The molecule has 2 nitrogen and oxygen atoms in total. The lowest BCUT2D eigenvalue weighted by atomic mass is 9.86. The van der Waals surface area contributed by atoms with E-state index in [9.17, 15) is 0 Å². The van der Waals surface area contributed by atoms with E-state index in [4.69, 9.17) is 4.99 Å². The summed E-state index contributed by atoms with van der Waals surface area (Å²) in [4.78, 5) is 5.58. The molecule has 198 valence electrons. The summed E-state index contributed by atoms with van der Waals surface area (Å²) in [6.45, 7) is 0. The van der Waals surface area contributed by atoms with E-state index in [0.717, 1.165) is 5.84 Å². The predicted octanol–water partition coefficient (Wildman–Crippen LogP) is 9.69. The first-order valence-electron chi connectivity index (χ1n) is 15.0. The molecule has 0 spiro atoms. The van der Waals surface area contributed by atoms with Gasteiger partial charge in [-0.25, -0.2) is 0 Å². The van der Waals surface area contributed by atoms with Crippen molar-refractivity contribution in [3.8, 4) is 33.4 Å². The van der Waals surface area contributed by atoms with E-state index >= 15 is 0 Å². The fraction of sp³-hybridized carbons (Fsp3) is 0.324. The molecule has 0 unspecified atom stereocenters. The summed E-state index contributed by atoms with van der Waals surface area (Å²) < 4.78 is 0. The van der Waals surface area contributed by atoms with Gasteiger partial charge in [0, 0.05) is 11.6 Å². The normalized spacial score (nSPS) is 17.2. The Morgan fingerprint density at radius 3 is 1.49 bits per heavy atom. The second-order valence-electron chi connectivity index (χ2n) is 11.3. The Hall–Kier alpha value is -3.65. The molecule has 0 heterocycles. The van der Waals surface area contributed by atoms with Crippen LogP contribution >= 0.6 is 0 Å². The van der Waals surface area contributed by atoms with E-state index in [-0.39, 0.29) is 0 Å². The second kappa shape index (κ2) is 12.5. The highest BCUT2D eigenvalue weighted by Gasteiger charge is 2.24. The SMILES string of the molecule is c1ccc(-c2cc(-c3ccccc3)c(C(=NC3CCCCC3)NC3CCCCC3)c(-c3ccccc3)c2)cc1. The predicted molar refractivity (Wildman–Crippen MR) is 166 cm³/mol. The van der Waals surface area contributed by atoms with Crippen LogP contribution in [0.5, 0.6) is 0 Å². The van der Waals surface area contributed by atoms with Crippen LogP contribution in [0.2, 0.25) is 0 Å². The van der Waals surface area contributed by atoms with Crippen LogP contribution in [-0.2, 0) is 0 Å². The van der Waals surface area contributed by atoms with Gasteiger partial charge in [-0.05, 0) is 71.2 Å². The van der Waals surface area contributed by atoms with Gasteiger partial charge >= 0.3 is 0 Å². The van der Waals surface area contributed by atoms with Crippen molar-refractivity contribution < 1.29 is 0 Å². The molecule has 0 aliphatic heterocycles. The van der Waals surface area contributed by atoms with Crippen LogP contribution in [0.3, 0.4) is 0 Å². The minimum Gasteiger partial charge on any atom is -0.367 e. The standard InChI is InChI=1S/C37H40N2/c1-6-16-28(17-7-1)31-26-34(29-18-8-2-9-19-29)36(35(27-31)30-20-10-3-11-21-30)37(38-32-22-12-4-13-23-32)39-33-24-14-5-15-25-33/h1-3,6-11,16-21,26-27,32-33H,4-5,12-15,22-25H2,(H,38,39). The third-order valence-corrected chi connectivity index (χ3v) is 8.48. The van der Waals surface area contributed by atoms with Gasteiger partial charge in [0.2, 0.25) is 0 Å². The van der Waals surface area contributed by atoms with Crippen molar-refractivity contribution in [3.63, 3.8) is 0 Å². The van der Waals surface area contributed by atoms with Crippen LogP contribution in [-0.4, -0.2) is 17.9 Å². The first-order valence-corrected chi connectivity index (χ1v) is 15.0. The molecule has 4 aromatic carbocycles. The first kappa shape index (κ1) is 25.6. The fourth-order valence-corrected chi connectivity index (χ4v) is 6.39. The summed E-state index contributed by atoms with van der Waals surface area (Å²) in [6.07, 6.45) is 12.7. The Morgan fingerprint density at radius 2 is 0.974 bits per heavy atom. The minimum atomic E-state index is 0.394. The summed E-state index contributed by atoms with van der Waals surface area (Å²) >= 11 is 0. The van der Waals surface area contributed by atoms with E-state index in [2.05, 4.69) is 108 Å². The van der Waals surface area contributed by atoms with Crippen molar-refractivity contribution in [2.45, 2.75) is 76.3 Å². The van der Waals surface area contributed by atoms with Gasteiger partial charge in [-0.15, -0.1) is 0 Å². The molecule has 0 saturated heterocycles. The van der Waals surface area contributed by atoms with E-state index in [1.54, 1.807) is 0 Å². The maximum atomic E-state index is 5.58. The maximum absolute atomic E-state index is 5.58. The number of hydrogen-bond acceptors (Lipinski definition) is 1. The van der Waals surface area contributed by atoms with Crippen LogP contribution in [0.25, 0.3) is 33.4 Å². The number of amidine groups is 1. The topological polar surface area (TPSA) is 24.4 Å². The molecule has 2 aliphatic carbocycles. The molecular formula is C37H40N2. The van der Waals surface area contributed by atoms with Gasteiger partial charge in [0.25, 0.3) is 0 Å². The van der Waals surface area contributed by atoms with Gasteiger partial charge in [-0.1, -0.05) is 130 Å². The molecule has 2 fully saturated rings. The molecule has 0 atom stereocenters. The average molecular weight is 513 g/mol. The molecule has 2 heteroatoms. The van der Waals surface area contributed by atoms with Crippen molar-refractivity contribution in [1.29, 1.82) is 0 Å². The maximum Gasteiger partial charge on any atom is 0.130 e. The molecule has 0 aromatic heterocycles. The van der Waals surface area contributed by atoms with Gasteiger partial charge in [0.15, 0.2) is 0 Å². The number of rotatable bonds is 6. The molecule has 2 aliphatic rings. The largest absolute Gasteiger partial charge is 0.367 e. The van der Waals surface area contributed by atoms with Crippen molar-refractivity contribution in [2.24, 2.45) is 4.99 Å². The molecular weight excluding hydrogens is 472 g/mol. The summed E-state index contributed by atoms with van der Waals surface area (Å²) in [7, 11) is 0. The van der Waals surface area contributed by atoms with E-state index in [0.29, 0.717) is 12.1 Å². The number of nitrogens with zero attached hydrogens (tertiary/aromatic N) is 1. The molecule has 0 radical (unpaired) electrons. The zero-order valence-corrected chi connectivity index (χ0v) is 23.0. The first-order chi connectivity index (χ1) is 19.3. The molecule has 39 heavy (non-hydrogen) atoms. The van der Waals surface area contributed by atoms with Gasteiger partial charge < -0.3 is 5.32 Å². The second-order valence-corrected chi connectivity index (χ2v) is 11.3. The number of benzene rings is 4. The van der Waals surface area contributed by atoms with Crippen molar-refractivity contribution in [3.05, 3.63) is 109 Å². The van der Waals surface area contributed by atoms with Crippen LogP contribution in [0, 0.1) is 0 Å². The monoisotopic (exact) mass is 512 g/mol. The highest BCUT2D eigenvalue weighted by atomic mass is 15.0. The Morgan fingerprint density at radius 1 is 0.513 bits per heavy atom. The molecule has 2 saturated carbocycles. The van der Waals surface area contributed by atoms with Crippen molar-refractivity contribution >= 4 is 5.84 Å². The highest BCUT2D eigenvalue weighted by molar-refractivity contribution is 6.11. The van der Waals surface area contributed by atoms with Gasteiger partial charge in [0.1, 0.15) is 5.84 Å². The Labute approximate surface area is 234 Å². The Kier molecular flexibility index (Phi) is 8.19. The third kappa shape index (κ3) is 6.17. The van der Waals surface area contributed by atoms with Gasteiger partial charge in [0.05, 0.1) is 6.04 Å². The lowest BCUT2D eigenvalue weighted by Crippen LogP contribution is -2.38. The zero-order valence-electron chi connectivity index (χ0n) is 23.0. The van der Waals surface area contributed by atoms with Gasteiger partial charge in [-0.3, -0.25) is 4.99 Å². The molecule has 1 N–H and O–H groups in total. The minimum absolute atomic E-state index is 0.394. The molecule has 6 rings (SSSR count). The number of nitrogens with one attached hydrogen (secondary N) is 1. The smallest absolute Gasteiger partial charge is 0.130 e. The van der Waals surface area contributed by atoms with E-state index in [1.165, 1.54) is 103 Å². The summed E-state index contributed by atoms with van der Waals surface area (Å²) in [5, 5.41) is 4.05. The summed E-state index contributed by atoms with van der Waals surface area (Å²) in [5.41, 5.74) is 8.73. The van der Waals surface area contributed by atoms with Gasteiger partial charge in [-0.2, -0.15) is 0 Å². The highest BCUT2D eigenvalue weighted by Crippen LogP contribution is 2.38. The van der Waals surface area contributed by atoms with Crippen molar-refractivity contribution in [2.75, 3.05) is 0 Å². The van der Waals surface area contributed by atoms with Crippen molar-refractivity contribution in [1.82, 2.24) is 5.32 Å². The van der Waals surface area contributed by atoms with Crippen LogP contribution in [0.15, 0.2) is 108 Å². The Balaban J connectivity index is 1.60. The molecule has 4 aromatic rings. The Bertz CT molecular complexity index is 1300. The lowest BCUT2D eigenvalue weighted by molar-refractivity contribution is 0.409. The summed E-state index contributed by atoms with van der Waals surface area (Å²) in [5.74, 6) is 1.10. The van der Waals surface area contributed by atoms with Crippen LogP contribution < -0.4 is 5.32 Å². The number of aliphatic imine (C=N–C) groups is 1. The summed E-state index contributed by atoms with van der Waals surface area (Å²) in [6, 6.07) is 38.3. The van der Waals surface area contributed by atoms with Crippen LogP contribution in [0.1, 0.15) is 69.8 Å². The quantitative estimate of drug-likeness (QED) is 0.202. The van der Waals surface area contributed by atoms with E-state index in [1.807, 2.05) is 0 Å². The third-order valence-electron chi connectivity index (χ3n) is 8.48. The fourth-order valence-electron chi connectivity index (χ4n) is 6.39. The van der Waals surface area contributed by atoms with Crippen LogP contribution in [0.4, 0.5) is 0 Å². The molecule has 0 bridgehead atoms. The zero-order chi connectivity index (χ0) is 26.3. The lowest BCUT2D eigenvalue weighted by Gasteiger charge is -2.29. The average Bonchev–Trinajstić information content (AvgIpc) is 3.02.